The summed E-state index contributed by atoms with van der Waals surface area (Å²) >= 11 is 0. The summed E-state index contributed by atoms with van der Waals surface area (Å²) < 4.78 is 15.0. The van der Waals surface area contributed by atoms with Crippen LogP contribution in [0.1, 0.15) is 18.4 Å². The summed E-state index contributed by atoms with van der Waals surface area (Å²) in [5.74, 6) is -0.823. The molecule has 1 aromatic rings. The molecule has 0 spiro atoms. The summed E-state index contributed by atoms with van der Waals surface area (Å²) in [5, 5.41) is 0. The topological polar surface area (TPSA) is 61.8 Å². The maximum atomic E-state index is 11.3. The van der Waals surface area contributed by atoms with Gasteiger partial charge in [-0.2, -0.15) is 0 Å². The van der Waals surface area contributed by atoms with Crippen molar-refractivity contribution in [2.45, 2.75) is 25.6 Å². The van der Waals surface area contributed by atoms with Crippen LogP contribution in [0.5, 0.6) is 0 Å². The predicted molar refractivity (Wildman–Crippen MR) is 66.2 cm³/mol. The maximum Gasteiger partial charge on any atom is 0.348 e. The van der Waals surface area contributed by atoms with Crippen molar-refractivity contribution in [3.63, 3.8) is 0 Å². The average Bonchev–Trinajstić information content (AvgIpc) is 2.40. The Labute approximate surface area is 111 Å². The summed E-state index contributed by atoms with van der Waals surface area (Å²) in [4.78, 5) is 21.8. The highest BCUT2D eigenvalue weighted by Crippen LogP contribution is 2.14. The summed E-state index contributed by atoms with van der Waals surface area (Å²) in [6.07, 6.45) is 0.0560. The van der Waals surface area contributed by atoms with Crippen LogP contribution in [0.4, 0.5) is 0 Å². The fourth-order valence-electron chi connectivity index (χ4n) is 1.62. The summed E-state index contributed by atoms with van der Waals surface area (Å²) in [7, 11) is 0. The molecule has 1 fully saturated rings. The van der Waals surface area contributed by atoms with Crippen molar-refractivity contribution in [1.82, 2.24) is 0 Å². The molecule has 102 valence electrons. The van der Waals surface area contributed by atoms with Gasteiger partial charge < -0.3 is 14.2 Å². The van der Waals surface area contributed by atoms with E-state index in [1.165, 1.54) is 0 Å². The molecule has 19 heavy (non-hydrogen) atoms. The first kappa shape index (κ1) is 13.5. The molecule has 1 atom stereocenters. The van der Waals surface area contributed by atoms with E-state index in [9.17, 15) is 9.59 Å². The second-order valence-electron chi connectivity index (χ2n) is 4.24. The van der Waals surface area contributed by atoms with Crippen LogP contribution in [0.25, 0.3) is 0 Å². The Balaban J connectivity index is 1.48. The van der Waals surface area contributed by atoms with Crippen molar-refractivity contribution < 1.29 is 23.8 Å². The third kappa shape index (κ3) is 4.37. The Morgan fingerprint density at radius 2 is 2.00 bits per heavy atom. The summed E-state index contributed by atoms with van der Waals surface area (Å²) in [6, 6.07) is 9.85. The van der Waals surface area contributed by atoms with E-state index >= 15 is 0 Å². The molecule has 1 aliphatic rings. The first-order chi connectivity index (χ1) is 9.25. The van der Waals surface area contributed by atoms with E-state index < -0.39 is 12.1 Å². The molecule has 0 aliphatic carbocycles. The van der Waals surface area contributed by atoms with Gasteiger partial charge in [-0.1, -0.05) is 30.3 Å². The number of esters is 2. The first-order valence-electron chi connectivity index (χ1n) is 6.23. The first-order valence-corrected chi connectivity index (χ1v) is 6.23. The normalized spacial score (nSPS) is 17.5. The van der Waals surface area contributed by atoms with Gasteiger partial charge in [0.15, 0.2) is 0 Å². The lowest BCUT2D eigenvalue weighted by atomic mass is 10.2. The van der Waals surface area contributed by atoms with Crippen LogP contribution >= 0.6 is 0 Å². The fourth-order valence-corrected chi connectivity index (χ4v) is 1.62. The molecule has 5 nitrogen and oxygen atoms in total. The van der Waals surface area contributed by atoms with Crippen LogP contribution in [0.3, 0.4) is 0 Å². The van der Waals surface area contributed by atoms with E-state index in [1.807, 2.05) is 30.3 Å². The van der Waals surface area contributed by atoms with Crippen molar-refractivity contribution in [2.24, 2.45) is 0 Å². The van der Waals surface area contributed by atoms with Gasteiger partial charge in [0, 0.05) is 6.42 Å². The molecule has 1 aliphatic heterocycles. The maximum absolute atomic E-state index is 11.3. The average molecular weight is 264 g/mol. The quantitative estimate of drug-likeness (QED) is 0.551. The van der Waals surface area contributed by atoms with Gasteiger partial charge in [0.2, 0.25) is 6.10 Å². The van der Waals surface area contributed by atoms with Crippen molar-refractivity contribution in [2.75, 3.05) is 13.2 Å². The number of benzene rings is 1. The molecule has 0 radical (unpaired) electrons. The van der Waals surface area contributed by atoms with Crippen LogP contribution in [0.15, 0.2) is 30.3 Å². The third-order valence-electron chi connectivity index (χ3n) is 2.68. The molecule has 1 heterocycles. The molecule has 0 N–H and O–H groups in total. The SMILES string of the molecule is O=C1C[C@H](C(=O)OCCCOCc2ccccc2)O1. The van der Waals surface area contributed by atoms with Gasteiger partial charge in [-0.3, -0.25) is 4.79 Å². The molecule has 0 amide bonds. The second kappa shape index (κ2) is 6.89. The number of rotatable bonds is 7. The number of cyclic esters (lactones) is 1. The largest absolute Gasteiger partial charge is 0.463 e. The Hall–Kier alpha value is -1.88. The van der Waals surface area contributed by atoms with Crippen molar-refractivity contribution in [1.29, 1.82) is 0 Å². The van der Waals surface area contributed by atoms with Gasteiger partial charge in [0.25, 0.3) is 0 Å². The molecular formula is C14H16O5. The summed E-state index contributed by atoms with van der Waals surface area (Å²) in [6.45, 7) is 1.35. The Kier molecular flexibility index (Phi) is 4.92. The number of carbonyl (C=O) groups excluding carboxylic acids is 2. The van der Waals surface area contributed by atoms with Crippen LogP contribution < -0.4 is 0 Å². The molecular weight excluding hydrogens is 248 g/mol. The van der Waals surface area contributed by atoms with Crippen LogP contribution in [0.2, 0.25) is 0 Å². The van der Waals surface area contributed by atoms with Gasteiger partial charge >= 0.3 is 11.9 Å². The third-order valence-corrected chi connectivity index (χ3v) is 2.68. The standard InChI is InChI=1S/C14H16O5/c15-13-9-12(19-13)14(16)18-8-4-7-17-10-11-5-2-1-3-6-11/h1-3,5-6,12H,4,7-10H2/t12-/m1/s1. The van der Waals surface area contributed by atoms with Crippen molar-refractivity contribution >= 4 is 11.9 Å². The summed E-state index contributed by atoms with van der Waals surface area (Å²) in [5.41, 5.74) is 1.11. The number of hydrogen-bond donors (Lipinski definition) is 0. The molecule has 2 rings (SSSR count). The van der Waals surface area contributed by atoms with Gasteiger partial charge in [0.1, 0.15) is 0 Å². The van der Waals surface area contributed by atoms with Crippen LogP contribution in [0, 0.1) is 0 Å². The zero-order valence-corrected chi connectivity index (χ0v) is 10.5. The molecule has 1 aromatic carbocycles. The Bertz CT molecular complexity index is 421. The number of carbonyl (C=O) groups is 2. The van der Waals surface area contributed by atoms with E-state index in [1.54, 1.807) is 0 Å². The Morgan fingerprint density at radius 3 is 2.68 bits per heavy atom. The van der Waals surface area contributed by atoms with E-state index in [0.717, 1.165) is 5.56 Å². The smallest absolute Gasteiger partial charge is 0.348 e. The highest BCUT2D eigenvalue weighted by molar-refractivity contribution is 5.89. The van der Waals surface area contributed by atoms with E-state index in [4.69, 9.17) is 9.47 Å². The van der Waals surface area contributed by atoms with E-state index in [0.29, 0.717) is 19.6 Å². The highest BCUT2D eigenvalue weighted by atomic mass is 16.6. The second-order valence-corrected chi connectivity index (χ2v) is 4.24. The fraction of sp³-hybridized carbons (Fsp3) is 0.429. The van der Waals surface area contributed by atoms with Gasteiger partial charge in [0.05, 0.1) is 26.2 Å². The Morgan fingerprint density at radius 1 is 1.26 bits per heavy atom. The lowest BCUT2D eigenvalue weighted by molar-refractivity contribution is -0.185. The molecule has 0 unspecified atom stereocenters. The molecule has 0 saturated carbocycles. The van der Waals surface area contributed by atoms with Gasteiger partial charge in [-0.15, -0.1) is 0 Å². The molecule has 0 bridgehead atoms. The lowest BCUT2D eigenvalue weighted by Crippen LogP contribution is -2.40. The van der Waals surface area contributed by atoms with Crippen molar-refractivity contribution in [3.05, 3.63) is 35.9 Å². The highest BCUT2D eigenvalue weighted by Gasteiger charge is 2.36. The lowest BCUT2D eigenvalue weighted by Gasteiger charge is -2.23. The van der Waals surface area contributed by atoms with Gasteiger partial charge in [-0.25, -0.2) is 4.79 Å². The van der Waals surface area contributed by atoms with Crippen LogP contribution in [-0.2, 0) is 30.4 Å². The molecule has 1 saturated heterocycles. The number of hydrogen-bond acceptors (Lipinski definition) is 5. The monoisotopic (exact) mass is 264 g/mol. The molecule has 5 heteroatoms. The minimum atomic E-state index is -0.697. The molecule has 0 aromatic heterocycles. The zero-order chi connectivity index (χ0) is 13.5. The minimum absolute atomic E-state index is 0.128. The minimum Gasteiger partial charge on any atom is -0.463 e. The van der Waals surface area contributed by atoms with E-state index in [2.05, 4.69) is 4.74 Å². The number of ether oxygens (including phenoxy) is 3. The van der Waals surface area contributed by atoms with E-state index in [-0.39, 0.29) is 19.0 Å². The van der Waals surface area contributed by atoms with Crippen molar-refractivity contribution in [3.8, 4) is 0 Å². The predicted octanol–water partition coefficient (Wildman–Crippen LogP) is 1.45. The zero-order valence-electron chi connectivity index (χ0n) is 10.5. The van der Waals surface area contributed by atoms with Crippen LogP contribution in [-0.4, -0.2) is 31.3 Å². The van der Waals surface area contributed by atoms with Gasteiger partial charge in [-0.05, 0) is 5.56 Å².